The number of nitrogens with zero attached hydrogens (tertiary/aromatic N) is 3. The first-order chi connectivity index (χ1) is 16.5. The molecule has 6 nitrogen and oxygen atoms in total. The largest absolute Gasteiger partial charge is 0.484 e. The van der Waals surface area contributed by atoms with E-state index in [2.05, 4.69) is 15.5 Å². The number of thioether (sulfide) groups is 1. The molecule has 1 heterocycles. The van der Waals surface area contributed by atoms with Gasteiger partial charge in [-0.3, -0.25) is 9.36 Å². The van der Waals surface area contributed by atoms with Crippen molar-refractivity contribution in [2.45, 2.75) is 24.4 Å². The molecule has 0 saturated heterocycles. The summed E-state index contributed by atoms with van der Waals surface area (Å²) in [4.78, 5) is 12.4. The lowest BCUT2D eigenvalue weighted by atomic mass is 10.2. The minimum atomic E-state index is -0.277. The Hall–Kier alpha value is -3.36. The average molecular weight is 497 g/mol. The highest BCUT2D eigenvalue weighted by molar-refractivity contribution is 7.98. The third-order valence-corrected chi connectivity index (χ3v) is 6.19. The van der Waals surface area contributed by atoms with E-state index in [1.807, 2.05) is 47.9 Å². The highest BCUT2D eigenvalue weighted by Gasteiger charge is 2.17. The summed E-state index contributed by atoms with van der Waals surface area (Å²) in [6.07, 6.45) is 0. The maximum atomic E-state index is 13.2. The Kier molecular flexibility index (Phi) is 7.82. The van der Waals surface area contributed by atoms with Gasteiger partial charge in [0.2, 0.25) is 0 Å². The fraction of sp³-hybridized carbons (Fsp3) is 0.160. The number of hydrogen-bond donors (Lipinski definition) is 1. The molecule has 0 unspecified atom stereocenters. The molecule has 0 aliphatic rings. The second-order valence-electron chi connectivity index (χ2n) is 7.46. The summed E-state index contributed by atoms with van der Waals surface area (Å²) in [7, 11) is 0. The molecule has 4 aromatic rings. The summed E-state index contributed by atoms with van der Waals surface area (Å²) < 4.78 is 20.6. The van der Waals surface area contributed by atoms with Crippen LogP contribution >= 0.6 is 23.4 Å². The van der Waals surface area contributed by atoms with E-state index in [-0.39, 0.29) is 24.9 Å². The molecule has 0 bridgehead atoms. The smallest absolute Gasteiger partial charge is 0.258 e. The quantitative estimate of drug-likeness (QED) is 0.316. The van der Waals surface area contributed by atoms with Crippen LogP contribution in [0.2, 0.25) is 5.02 Å². The Morgan fingerprint density at radius 1 is 1.09 bits per heavy atom. The van der Waals surface area contributed by atoms with E-state index in [1.165, 1.54) is 23.9 Å². The van der Waals surface area contributed by atoms with E-state index >= 15 is 0 Å². The van der Waals surface area contributed by atoms with Crippen molar-refractivity contribution >= 4 is 29.3 Å². The molecular formula is C25H22ClFN4O2S. The van der Waals surface area contributed by atoms with E-state index in [1.54, 1.807) is 24.3 Å². The summed E-state index contributed by atoms with van der Waals surface area (Å²) >= 11 is 7.73. The van der Waals surface area contributed by atoms with Crippen LogP contribution in [0.4, 0.5) is 4.39 Å². The van der Waals surface area contributed by atoms with Crippen LogP contribution in [0.3, 0.4) is 0 Å². The molecule has 0 aliphatic carbocycles. The second kappa shape index (κ2) is 11.2. The van der Waals surface area contributed by atoms with Crippen molar-refractivity contribution in [3.8, 4) is 11.4 Å². The molecule has 174 valence electrons. The molecule has 0 aliphatic heterocycles. The van der Waals surface area contributed by atoms with Gasteiger partial charge < -0.3 is 10.1 Å². The SMILES string of the molecule is Cc1ccc(Cl)cc1-n1c(CNC(=O)COc2ccccc2)nnc1SCc1ccc(F)cc1. The van der Waals surface area contributed by atoms with Crippen LogP contribution < -0.4 is 10.1 Å². The molecule has 0 fully saturated rings. The summed E-state index contributed by atoms with van der Waals surface area (Å²) in [5.74, 6) is 1.20. The molecule has 1 aromatic heterocycles. The lowest BCUT2D eigenvalue weighted by Crippen LogP contribution is -2.29. The summed E-state index contributed by atoms with van der Waals surface area (Å²) in [6, 6.07) is 21.1. The van der Waals surface area contributed by atoms with E-state index in [4.69, 9.17) is 16.3 Å². The predicted molar refractivity (Wildman–Crippen MR) is 131 cm³/mol. The van der Waals surface area contributed by atoms with Gasteiger partial charge in [-0.15, -0.1) is 10.2 Å². The Bertz CT molecular complexity index is 1270. The van der Waals surface area contributed by atoms with Gasteiger partial charge in [0, 0.05) is 10.8 Å². The monoisotopic (exact) mass is 496 g/mol. The van der Waals surface area contributed by atoms with Crippen LogP contribution in [0, 0.1) is 12.7 Å². The number of amides is 1. The average Bonchev–Trinajstić information content (AvgIpc) is 3.25. The summed E-state index contributed by atoms with van der Waals surface area (Å²) in [6.45, 7) is 2.02. The van der Waals surface area contributed by atoms with Gasteiger partial charge in [0.15, 0.2) is 17.6 Å². The first-order valence-corrected chi connectivity index (χ1v) is 11.9. The molecular weight excluding hydrogens is 475 g/mol. The van der Waals surface area contributed by atoms with Crippen molar-refractivity contribution in [1.29, 1.82) is 0 Å². The molecule has 9 heteroatoms. The van der Waals surface area contributed by atoms with Crippen LogP contribution in [-0.4, -0.2) is 27.3 Å². The van der Waals surface area contributed by atoms with Crippen LogP contribution in [0.25, 0.3) is 5.69 Å². The second-order valence-corrected chi connectivity index (χ2v) is 8.84. The Morgan fingerprint density at radius 3 is 2.62 bits per heavy atom. The highest BCUT2D eigenvalue weighted by atomic mass is 35.5. The van der Waals surface area contributed by atoms with Gasteiger partial charge in [-0.2, -0.15) is 0 Å². The van der Waals surface area contributed by atoms with Crippen LogP contribution in [0.15, 0.2) is 78.0 Å². The maximum Gasteiger partial charge on any atom is 0.258 e. The van der Waals surface area contributed by atoms with Crippen molar-refractivity contribution in [2.75, 3.05) is 6.61 Å². The molecule has 0 spiro atoms. The molecule has 34 heavy (non-hydrogen) atoms. The van der Waals surface area contributed by atoms with Crippen LogP contribution in [-0.2, 0) is 17.1 Å². The molecule has 0 saturated carbocycles. The molecule has 0 atom stereocenters. The van der Waals surface area contributed by atoms with Crippen molar-refractivity contribution in [1.82, 2.24) is 20.1 Å². The van der Waals surface area contributed by atoms with Crippen molar-refractivity contribution in [3.63, 3.8) is 0 Å². The summed E-state index contributed by atoms with van der Waals surface area (Å²) in [5, 5.41) is 12.7. The lowest BCUT2D eigenvalue weighted by molar-refractivity contribution is -0.123. The molecule has 4 rings (SSSR count). The Balaban J connectivity index is 1.51. The fourth-order valence-electron chi connectivity index (χ4n) is 3.20. The van der Waals surface area contributed by atoms with Crippen LogP contribution in [0.5, 0.6) is 5.75 Å². The minimum absolute atomic E-state index is 0.111. The Morgan fingerprint density at radius 2 is 1.85 bits per heavy atom. The fourth-order valence-corrected chi connectivity index (χ4v) is 4.28. The third-order valence-electron chi connectivity index (χ3n) is 4.95. The van der Waals surface area contributed by atoms with Gasteiger partial charge in [-0.05, 0) is 54.4 Å². The molecule has 0 radical (unpaired) electrons. The number of hydrogen-bond acceptors (Lipinski definition) is 5. The Labute approximate surface area is 206 Å². The number of aryl methyl sites for hydroxylation is 1. The van der Waals surface area contributed by atoms with Gasteiger partial charge in [-0.25, -0.2) is 4.39 Å². The van der Waals surface area contributed by atoms with E-state index in [9.17, 15) is 9.18 Å². The van der Waals surface area contributed by atoms with Crippen molar-refractivity contribution in [2.24, 2.45) is 0 Å². The molecule has 3 aromatic carbocycles. The zero-order chi connectivity index (χ0) is 23.9. The lowest BCUT2D eigenvalue weighted by Gasteiger charge is -2.14. The van der Waals surface area contributed by atoms with E-state index < -0.39 is 0 Å². The number of para-hydroxylation sites is 1. The number of rotatable bonds is 9. The normalized spacial score (nSPS) is 10.8. The van der Waals surface area contributed by atoms with Gasteiger partial charge in [0.25, 0.3) is 5.91 Å². The predicted octanol–water partition coefficient (Wildman–Crippen LogP) is 5.36. The van der Waals surface area contributed by atoms with Crippen molar-refractivity contribution < 1.29 is 13.9 Å². The number of nitrogens with one attached hydrogen (secondary N) is 1. The standard InChI is InChI=1S/C25H22ClFN4O2S/c1-17-7-10-19(26)13-22(17)31-23(14-28-24(32)15-33-21-5-3-2-4-6-21)29-30-25(31)34-16-18-8-11-20(27)12-9-18/h2-13H,14-16H2,1H3,(H,28,32). The number of ether oxygens (including phenoxy) is 1. The van der Waals surface area contributed by atoms with E-state index in [0.29, 0.717) is 27.5 Å². The number of benzene rings is 3. The maximum absolute atomic E-state index is 13.2. The minimum Gasteiger partial charge on any atom is -0.484 e. The summed E-state index contributed by atoms with van der Waals surface area (Å²) in [5.41, 5.74) is 2.76. The number of halogens is 2. The zero-order valence-electron chi connectivity index (χ0n) is 18.4. The van der Waals surface area contributed by atoms with Crippen LogP contribution in [0.1, 0.15) is 17.0 Å². The third kappa shape index (κ3) is 6.15. The first kappa shape index (κ1) is 23.8. The van der Waals surface area contributed by atoms with Gasteiger partial charge in [-0.1, -0.05) is 59.8 Å². The highest BCUT2D eigenvalue weighted by Crippen LogP contribution is 2.28. The van der Waals surface area contributed by atoms with E-state index in [0.717, 1.165) is 16.8 Å². The van der Waals surface area contributed by atoms with Crippen molar-refractivity contribution in [3.05, 3.63) is 101 Å². The number of aromatic nitrogens is 3. The topological polar surface area (TPSA) is 69.0 Å². The first-order valence-electron chi connectivity index (χ1n) is 10.5. The van der Waals surface area contributed by atoms with Gasteiger partial charge in [0.05, 0.1) is 12.2 Å². The van der Waals surface area contributed by atoms with Gasteiger partial charge in [0.1, 0.15) is 11.6 Å². The molecule has 1 N–H and O–H groups in total. The molecule has 1 amide bonds. The number of carbonyl (C=O) groups excluding carboxylic acids is 1. The van der Waals surface area contributed by atoms with Gasteiger partial charge >= 0.3 is 0 Å². The zero-order valence-corrected chi connectivity index (χ0v) is 19.9. The number of carbonyl (C=O) groups is 1.